The Balaban J connectivity index is 1.75. The highest BCUT2D eigenvalue weighted by molar-refractivity contribution is 7.13. The predicted molar refractivity (Wildman–Crippen MR) is 80.6 cm³/mol. The average Bonchev–Trinajstić information content (AvgIpc) is 2.92. The number of methoxy groups -OCH3 is 1. The maximum Gasteiger partial charge on any atom is 0.123 e. The number of nitrogens with zero attached hydrogens (tertiary/aromatic N) is 1. The van der Waals surface area contributed by atoms with E-state index >= 15 is 0 Å². The molecule has 0 saturated carbocycles. The quantitative estimate of drug-likeness (QED) is 0.753. The van der Waals surface area contributed by atoms with Crippen molar-refractivity contribution in [2.24, 2.45) is 0 Å². The Morgan fingerprint density at radius 3 is 2.84 bits per heavy atom. The van der Waals surface area contributed by atoms with Gasteiger partial charge in [-0.1, -0.05) is 30.3 Å². The minimum atomic E-state index is 0.821. The maximum atomic E-state index is 5.01. The number of aromatic nitrogens is 1. The molecule has 0 fully saturated rings. The molecule has 0 saturated heterocycles. The second-order valence-electron chi connectivity index (χ2n) is 4.36. The van der Waals surface area contributed by atoms with E-state index in [1.807, 2.05) is 18.2 Å². The van der Waals surface area contributed by atoms with E-state index in [1.165, 1.54) is 11.3 Å². The lowest BCUT2D eigenvalue weighted by Gasteiger charge is -2.02. The van der Waals surface area contributed by atoms with Crippen LogP contribution in [0, 0.1) is 0 Å². The van der Waals surface area contributed by atoms with Crippen LogP contribution in [0.2, 0.25) is 0 Å². The van der Waals surface area contributed by atoms with E-state index < -0.39 is 0 Å². The molecule has 1 aromatic carbocycles. The van der Waals surface area contributed by atoms with Crippen LogP contribution in [0.4, 0.5) is 0 Å². The molecule has 0 aliphatic carbocycles. The Bertz CT molecular complexity index is 470. The van der Waals surface area contributed by atoms with Gasteiger partial charge in [-0.3, -0.25) is 0 Å². The lowest BCUT2D eigenvalue weighted by Crippen LogP contribution is -2.19. The Hall–Kier alpha value is -1.23. The predicted octanol–water partition coefficient (Wildman–Crippen LogP) is 2.98. The van der Waals surface area contributed by atoms with Gasteiger partial charge in [0.05, 0.1) is 5.69 Å². The highest BCUT2D eigenvalue weighted by Crippen LogP contribution is 2.23. The van der Waals surface area contributed by atoms with Crippen molar-refractivity contribution >= 4 is 11.3 Å². The van der Waals surface area contributed by atoms with E-state index in [1.54, 1.807) is 18.4 Å². The molecule has 2 aromatic rings. The molecule has 0 spiro atoms. The van der Waals surface area contributed by atoms with Crippen LogP contribution in [0.25, 0.3) is 10.6 Å². The number of hydrogen-bond acceptors (Lipinski definition) is 4. The fourth-order valence-electron chi connectivity index (χ4n) is 1.82. The molecule has 0 aliphatic heterocycles. The number of hydrogen-bond donors (Lipinski definition) is 1. The molecule has 2 rings (SSSR count). The summed E-state index contributed by atoms with van der Waals surface area (Å²) in [5.41, 5.74) is 2.37. The van der Waals surface area contributed by atoms with Gasteiger partial charge in [-0.15, -0.1) is 11.3 Å². The minimum Gasteiger partial charge on any atom is -0.385 e. The third-order valence-corrected chi connectivity index (χ3v) is 3.77. The molecule has 19 heavy (non-hydrogen) atoms. The van der Waals surface area contributed by atoms with Crippen molar-refractivity contribution in [2.75, 3.05) is 26.8 Å². The van der Waals surface area contributed by atoms with Crippen molar-refractivity contribution in [3.05, 3.63) is 41.4 Å². The number of nitrogens with one attached hydrogen (secondary N) is 1. The van der Waals surface area contributed by atoms with E-state index in [0.29, 0.717) is 0 Å². The molecule has 3 nitrogen and oxygen atoms in total. The standard InChI is InChI=1S/C15H20N2OS/c1-18-11-5-9-16-10-8-14-12-19-15(17-14)13-6-3-2-4-7-13/h2-4,6-7,12,16H,5,8-11H2,1H3. The van der Waals surface area contributed by atoms with Gasteiger partial charge < -0.3 is 10.1 Å². The van der Waals surface area contributed by atoms with E-state index in [9.17, 15) is 0 Å². The molecule has 0 unspecified atom stereocenters. The van der Waals surface area contributed by atoms with E-state index in [0.717, 1.165) is 37.5 Å². The van der Waals surface area contributed by atoms with Crippen LogP contribution in [-0.4, -0.2) is 31.8 Å². The molecule has 0 aliphatic rings. The number of rotatable bonds is 8. The molecule has 102 valence electrons. The summed E-state index contributed by atoms with van der Waals surface area (Å²) in [6, 6.07) is 10.3. The van der Waals surface area contributed by atoms with Gasteiger partial charge in [-0.2, -0.15) is 0 Å². The molecule has 1 aromatic heterocycles. The number of benzene rings is 1. The van der Waals surface area contributed by atoms with Gasteiger partial charge >= 0.3 is 0 Å². The second-order valence-corrected chi connectivity index (χ2v) is 5.21. The average molecular weight is 276 g/mol. The Morgan fingerprint density at radius 1 is 1.21 bits per heavy atom. The van der Waals surface area contributed by atoms with Crippen LogP contribution in [0.15, 0.2) is 35.7 Å². The fourth-order valence-corrected chi connectivity index (χ4v) is 2.68. The van der Waals surface area contributed by atoms with Crippen molar-refractivity contribution < 1.29 is 4.74 Å². The minimum absolute atomic E-state index is 0.821. The van der Waals surface area contributed by atoms with E-state index in [-0.39, 0.29) is 0 Å². The van der Waals surface area contributed by atoms with Gasteiger partial charge in [-0.25, -0.2) is 4.98 Å². The Labute approximate surface area is 118 Å². The first-order valence-corrected chi connectivity index (χ1v) is 7.47. The van der Waals surface area contributed by atoms with Crippen LogP contribution in [0.5, 0.6) is 0 Å². The van der Waals surface area contributed by atoms with Crippen LogP contribution in [0.3, 0.4) is 0 Å². The maximum absolute atomic E-state index is 5.01. The van der Waals surface area contributed by atoms with E-state index in [2.05, 4.69) is 27.8 Å². The lowest BCUT2D eigenvalue weighted by atomic mass is 10.2. The molecule has 4 heteroatoms. The summed E-state index contributed by atoms with van der Waals surface area (Å²) < 4.78 is 5.01. The van der Waals surface area contributed by atoms with Crippen molar-refractivity contribution in [3.63, 3.8) is 0 Å². The van der Waals surface area contributed by atoms with Crippen LogP contribution < -0.4 is 5.32 Å². The van der Waals surface area contributed by atoms with Gasteiger partial charge in [0.15, 0.2) is 0 Å². The Morgan fingerprint density at radius 2 is 2.05 bits per heavy atom. The lowest BCUT2D eigenvalue weighted by molar-refractivity contribution is 0.194. The van der Waals surface area contributed by atoms with Crippen molar-refractivity contribution in [1.29, 1.82) is 0 Å². The molecular weight excluding hydrogens is 256 g/mol. The molecule has 0 atom stereocenters. The zero-order valence-corrected chi connectivity index (χ0v) is 12.1. The summed E-state index contributed by atoms with van der Waals surface area (Å²) in [6.07, 6.45) is 2.04. The normalized spacial score (nSPS) is 10.8. The summed E-state index contributed by atoms with van der Waals surface area (Å²) in [4.78, 5) is 4.67. The smallest absolute Gasteiger partial charge is 0.123 e. The monoisotopic (exact) mass is 276 g/mol. The third kappa shape index (κ3) is 4.74. The van der Waals surface area contributed by atoms with Gasteiger partial charge in [0.1, 0.15) is 5.01 Å². The zero-order valence-electron chi connectivity index (χ0n) is 11.3. The number of ether oxygens (including phenoxy) is 1. The molecule has 0 amide bonds. The summed E-state index contributed by atoms with van der Waals surface area (Å²) in [5, 5.41) is 6.66. The van der Waals surface area contributed by atoms with E-state index in [4.69, 9.17) is 4.74 Å². The summed E-state index contributed by atoms with van der Waals surface area (Å²) in [7, 11) is 1.74. The largest absolute Gasteiger partial charge is 0.385 e. The van der Waals surface area contributed by atoms with Gasteiger partial charge in [-0.05, 0) is 13.0 Å². The van der Waals surface area contributed by atoms with Crippen LogP contribution >= 0.6 is 11.3 Å². The third-order valence-electron chi connectivity index (χ3n) is 2.83. The molecule has 1 heterocycles. The summed E-state index contributed by atoms with van der Waals surface area (Å²) in [5.74, 6) is 0. The first-order chi connectivity index (χ1) is 9.40. The molecule has 0 bridgehead atoms. The van der Waals surface area contributed by atoms with Gasteiger partial charge in [0, 0.05) is 37.6 Å². The first kappa shape index (κ1) is 14.2. The first-order valence-electron chi connectivity index (χ1n) is 6.59. The summed E-state index contributed by atoms with van der Waals surface area (Å²) in [6.45, 7) is 2.80. The SMILES string of the molecule is COCCCNCCc1csc(-c2ccccc2)n1. The van der Waals surface area contributed by atoms with Gasteiger partial charge in [0.25, 0.3) is 0 Å². The van der Waals surface area contributed by atoms with Gasteiger partial charge in [0.2, 0.25) is 0 Å². The van der Waals surface area contributed by atoms with Crippen LogP contribution in [0.1, 0.15) is 12.1 Å². The second kappa shape index (κ2) is 8.04. The van der Waals surface area contributed by atoms with Crippen LogP contribution in [-0.2, 0) is 11.2 Å². The number of thiazole rings is 1. The Kier molecular flexibility index (Phi) is 6.01. The fraction of sp³-hybridized carbons (Fsp3) is 0.400. The summed E-state index contributed by atoms with van der Waals surface area (Å²) >= 11 is 1.72. The molecule has 1 N–H and O–H groups in total. The van der Waals surface area contributed by atoms with Crippen molar-refractivity contribution in [3.8, 4) is 10.6 Å². The highest BCUT2D eigenvalue weighted by Gasteiger charge is 2.03. The topological polar surface area (TPSA) is 34.1 Å². The van der Waals surface area contributed by atoms with Crippen molar-refractivity contribution in [1.82, 2.24) is 10.3 Å². The molecular formula is C15H20N2OS. The zero-order chi connectivity index (χ0) is 13.3. The highest BCUT2D eigenvalue weighted by atomic mass is 32.1. The molecule has 0 radical (unpaired) electrons. The van der Waals surface area contributed by atoms with Crippen molar-refractivity contribution in [2.45, 2.75) is 12.8 Å².